The third-order valence-corrected chi connectivity index (χ3v) is 6.86. The zero-order valence-electron chi connectivity index (χ0n) is 18.5. The van der Waals surface area contributed by atoms with Crippen molar-refractivity contribution in [2.45, 2.75) is 31.2 Å². The molecule has 0 bridgehead atoms. The number of hydrogen-bond donors (Lipinski definition) is 2. The first-order valence-corrected chi connectivity index (χ1v) is 12.1. The van der Waals surface area contributed by atoms with Crippen LogP contribution in [0.5, 0.6) is 0 Å². The molecule has 0 spiro atoms. The highest BCUT2D eigenvalue weighted by atomic mass is 35.5. The number of carbonyl (C=O) groups excluding carboxylic acids is 1. The van der Waals surface area contributed by atoms with E-state index >= 15 is 0 Å². The molecule has 1 saturated heterocycles. The van der Waals surface area contributed by atoms with Gasteiger partial charge in [-0.05, 0) is 48.2 Å². The molecular weight excluding hydrogens is 469 g/mol. The Morgan fingerprint density at radius 1 is 1.09 bits per heavy atom. The predicted octanol–water partition coefficient (Wildman–Crippen LogP) is 5.69. The number of likely N-dealkylation sites (tertiary alicyclic amines) is 1. The molecule has 2 aromatic heterocycles. The van der Waals surface area contributed by atoms with Crippen LogP contribution in [-0.2, 0) is 11.2 Å². The van der Waals surface area contributed by atoms with Crippen LogP contribution in [0.25, 0.3) is 11.0 Å². The van der Waals surface area contributed by atoms with Gasteiger partial charge in [-0.3, -0.25) is 4.79 Å². The maximum absolute atomic E-state index is 13.2. The van der Waals surface area contributed by atoms with Crippen LogP contribution in [-0.4, -0.2) is 44.9 Å². The molecule has 1 aliphatic rings. The van der Waals surface area contributed by atoms with Crippen LogP contribution < -0.4 is 5.32 Å². The number of nitrogens with zero attached hydrogens (tertiary/aromatic N) is 3. The fourth-order valence-corrected chi connectivity index (χ4v) is 5.32. The van der Waals surface area contributed by atoms with E-state index in [1.807, 2.05) is 35.4 Å². The van der Waals surface area contributed by atoms with E-state index in [1.54, 1.807) is 12.4 Å². The van der Waals surface area contributed by atoms with E-state index in [-0.39, 0.29) is 17.9 Å². The van der Waals surface area contributed by atoms with E-state index in [4.69, 9.17) is 23.2 Å². The first-order chi connectivity index (χ1) is 16.6. The number of benzene rings is 2. The second-order valence-corrected chi connectivity index (χ2v) is 9.51. The fraction of sp³-hybridized carbons (Fsp3) is 0.269. The average molecular weight is 494 g/mol. The quantitative estimate of drug-likeness (QED) is 0.361. The lowest BCUT2D eigenvalue weighted by atomic mass is 9.85. The smallest absolute Gasteiger partial charge is 0.222 e. The summed E-state index contributed by atoms with van der Waals surface area (Å²) >= 11 is 12.2. The van der Waals surface area contributed by atoms with E-state index < -0.39 is 0 Å². The zero-order chi connectivity index (χ0) is 23.5. The summed E-state index contributed by atoms with van der Waals surface area (Å²) in [6.45, 7) is 1.32. The molecule has 0 saturated carbocycles. The summed E-state index contributed by atoms with van der Waals surface area (Å²) in [5, 5.41) is 5.75. The van der Waals surface area contributed by atoms with Gasteiger partial charge in [-0.15, -0.1) is 0 Å². The largest absolute Gasteiger partial charge is 0.364 e. The highest BCUT2D eigenvalue weighted by Crippen LogP contribution is 2.32. The Kier molecular flexibility index (Phi) is 6.70. The molecule has 3 heterocycles. The van der Waals surface area contributed by atoms with Crippen molar-refractivity contribution in [1.29, 1.82) is 0 Å². The van der Waals surface area contributed by atoms with Gasteiger partial charge in [0, 0.05) is 41.7 Å². The van der Waals surface area contributed by atoms with Gasteiger partial charge in [0.2, 0.25) is 5.91 Å². The monoisotopic (exact) mass is 493 g/mol. The number of aromatic nitrogens is 3. The van der Waals surface area contributed by atoms with Crippen LogP contribution >= 0.6 is 23.2 Å². The van der Waals surface area contributed by atoms with Crippen LogP contribution in [0, 0.1) is 0 Å². The minimum Gasteiger partial charge on any atom is -0.364 e. The van der Waals surface area contributed by atoms with Gasteiger partial charge in [0.05, 0.1) is 11.4 Å². The van der Waals surface area contributed by atoms with Crippen molar-refractivity contribution in [3.05, 3.63) is 88.3 Å². The van der Waals surface area contributed by atoms with Crippen molar-refractivity contribution in [1.82, 2.24) is 19.9 Å². The maximum Gasteiger partial charge on any atom is 0.222 e. The minimum atomic E-state index is 0.0220. The number of nitrogens with one attached hydrogen (secondary N) is 2. The van der Waals surface area contributed by atoms with Gasteiger partial charge in [0.25, 0.3) is 0 Å². The number of hydrogen-bond acceptors (Lipinski definition) is 4. The summed E-state index contributed by atoms with van der Waals surface area (Å²) in [6.07, 6.45) is 5.30. The zero-order valence-corrected chi connectivity index (χ0v) is 20.1. The predicted molar refractivity (Wildman–Crippen MR) is 136 cm³/mol. The van der Waals surface area contributed by atoms with Crippen molar-refractivity contribution in [3.63, 3.8) is 0 Å². The molecular formula is C26H25Cl2N5O. The molecule has 2 aromatic carbocycles. The van der Waals surface area contributed by atoms with Gasteiger partial charge < -0.3 is 15.2 Å². The number of fused-ring (bicyclic) bond motifs is 1. The fourth-order valence-electron chi connectivity index (χ4n) is 4.75. The summed E-state index contributed by atoms with van der Waals surface area (Å²) in [6, 6.07) is 17.9. The van der Waals surface area contributed by atoms with Gasteiger partial charge in [0.15, 0.2) is 0 Å². The molecule has 5 rings (SSSR count). The lowest BCUT2D eigenvalue weighted by molar-refractivity contribution is -0.132. The Morgan fingerprint density at radius 3 is 2.68 bits per heavy atom. The minimum absolute atomic E-state index is 0.0220. The topological polar surface area (TPSA) is 73.9 Å². The van der Waals surface area contributed by atoms with Crippen LogP contribution in [0.1, 0.15) is 29.9 Å². The van der Waals surface area contributed by atoms with Crippen LogP contribution in [0.3, 0.4) is 0 Å². The van der Waals surface area contributed by atoms with E-state index in [0.717, 1.165) is 35.4 Å². The standard InChI is InChI=1S/C26H25Cl2N5O/c27-19-12-17(13-20(28)14-19)6-7-24(34)33-11-9-21(18-4-2-1-3-5-18)23(15-33)32-26-22-8-10-29-25(22)30-16-31-26/h1-5,8,10,12-14,16,21,23H,6-7,9,11,15H2,(H2,29,30,31,32). The highest BCUT2D eigenvalue weighted by molar-refractivity contribution is 6.34. The van der Waals surface area contributed by atoms with Crippen molar-refractivity contribution in [3.8, 4) is 0 Å². The molecule has 174 valence electrons. The summed E-state index contributed by atoms with van der Waals surface area (Å²) in [5.41, 5.74) is 3.02. The van der Waals surface area contributed by atoms with Gasteiger partial charge in [-0.25, -0.2) is 9.97 Å². The third kappa shape index (κ3) is 5.03. The van der Waals surface area contributed by atoms with Gasteiger partial charge >= 0.3 is 0 Å². The van der Waals surface area contributed by atoms with Gasteiger partial charge in [-0.1, -0.05) is 53.5 Å². The molecule has 0 aliphatic carbocycles. The Bertz CT molecular complexity index is 1270. The van der Waals surface area contributed by atoms with Gasteiger partial charge in [0.1, 0.15) is 17.8 Å². The molecule has 6 nitrogen and oxygen atoms in total. The normalized spacial score (nSPS) is 18.2. The number of halogens is 2. The summed E-state index contributed by atoms with van der Waals surface area (Å²) in [7, 11) is 0. The summed E-state index contributed by atoms with van der Waals surface area (Å²) < 4.78 is 0. The molecule has 1 fully saturated rings. The maximum atomic E-state index is 13.2. The molecule has 2 N–H and O–H groups in total. The average Bonchev–Trinajstić information content (AvgIpc) is 3.32. The Morgan fingerprint density at radius 2 is 1.88 bits per heavy atom. The van der Waals surface area contributed by atoms with E-state index in [1.165, 1.54) is 5.56 Å². The summed E-state index contributed by atoms with van der Waals surface area (Å²) in [4.78, 5) is 27.0. The molecule has 0 radical (unpaired) electrons. The van der Waals surface area contributed by atoms with Gasteiger partial charge in [-0.2, -0.15) is 0 Å². The first kappa shape index (κ1) is 22.7. The number of rotatable bonds is 6. The Labute approximate surface area is 208 Å². The molecule has 1 aliphatic heterocycles. The molecule has 2 atom stereocenters. The second-order valence-electron chi connectivity index (χ2n) is 8.64. The molecule has 1 amide bonds. The number of anilines is 1. The second kappa shape index (κ2) is 10.0. The Balaban J connectivity index is 1.34. The van der Waals surface area contributed by atoms with Crippen molar-refractivity contribution >= 4 is 46.0 Å². The number of H-pyrrole nitrogens is 1. The number of amides is 1. The third-order valence-electron chi connectivity index (χ3n) is 6.42. The molecule has 2 unspecified atom stereocenters. The van der Waals surface area contributed by atoms with Crippen molar-refractivity contribution in [2.24, 2.45) is 0 Å². The van der Waals surface area contributed by atoms with E-state index in [9.17, 15) is 4.79 Å². The van der Waals surface area contributed by atoms with Crippen LogP contribution in [0.15, 0.2) is 67.1 Å². The van der Waals surface area contributed by atoms with Crippen LogP contribution in [0.4, 0.5) is 5.82 Å². The number of aromatic amines is 1. The molecule has 8 heteroatoms. The van der Waals surface area contributed by atoms with Crippen molar-refractivity contribution < 1.29 is 4.79 Å². The highest BCUT2D eigenvalue weighted by Gasteiger charge is 2.33. The van der Waals surface area contributed by atoms with E-state index in [0.29, 0.717) is 29.4 Å². The number of aryl methyl sites for hydroxylation is 1. The lowest BCUT2D eigenvalue weighted by Gasteiger charge is -2.39. The lowest BCUT2D eigenvalue weighted by Crippen LogP contribution is -2.49. The molecule has 4 aromatic rings. The number of carbonyl (C=O) groups is 1. The van der Waals surface area contributed by atoms with Crippen molar-refractivity contribution in [2.75, 3.05) is 18.4 Å². The number of piperidine rings is 1. The van der Waals surface area contributed by atoms with Crippen LogP contribution in [0.2, 0.25) is 10.0 Å². The SMILES string of the molecule is O=C(CCc1cc(Cl)cc(Cl)c1)N1CCC(c2ccccc2)C(Nc2ncnc3[nH]ccc23)C1. The Hall–Kier alpha value is -3.09. The first-order valence-electron chi connectivity index (χ1n) is 11.4. The molecule has 34 heavy (non-hydrogen) atoms. The summed E-state index contributed by atoms with van der Waals surface area (Å²) in [5.74, 6) is 1.17. The van der Waals surface area contributed by atoms with E-state index in [2.05, 4.69) is 44.5 Å².